The Morgan fingerprint density at radius 2 is 1.94 bits per heavy atom. The smallest absolute Gasteiger partial charge is 0.360 e. The lowest BCUT2D eigenvalue weighted by Crippen LogP contribution is -2.26. The van der Waals surface area contributed by atoms with Crippen molar-refractivity contribution in [1.29, 1.82) is 0 Å². The third kappa shape index (κ3) is 2.97. The Hall–Kier alpha value is -2.11. The molecule has 1 heterocycles. The topological polar surface area (TPSA) is 70.4 Å². The number of esters is 1. The van der Waals surface area contributed by atoms with Gasteiger partial charge in [-0.3, -0.25) is 9.36 Å². The number of aromatic nitrogens is 2. The summed E-state index contributed by atoms with van der Waals surface area (Å²) in [6, 6.07) is 0. The fourth-order valence-electron chi connectivity index (χ4n) is 1.20. The normalized spacial score (nSPS) is 8.94. The molecule has 0 atom stereocenters. The predicted octanol–water partition coefficient (Wildman–Crippen LogP) is 1.24. The molecule has 6 nitrogen and oxygen atoms in total. The van der Waals surface area contributed by atoms with Crippen LogP contribution in [0.1, 0.15) is 30.2 Å². The van der Waals surface area contributed by atoms with Crippen molar-refractivity contribution in [3.63, 3.8) is 0 Å². The molecule has 0 N–H and O–H groups in total. The molecule has 0 aliphatic carbocycles. The molecular formula is C12H18N2O4. The molecule has 0 aromatic carbocycles. The molecule has 0 spiro atoms. The second-order valence-corrected chi connectivity index (χ2v) is 2.91. The summed E-state index contributed by atoms with van der Waals surface area (Å²) in [7, 11) is 4.00. The molecule has 0 unspecified atom stereocenters. The van der Waals surface area contributed by atoms with Crippen LogP contribution >= 0.6 is 0 Å². The molecule has 0 saturated carbocycles. The third-order valence-electron chi connectivity index (χ3n) is 2.05. The van der Waals surface area contributed by atoms with Crippen LogP contribution < -0.4 is 10.3 Å². The van der Waals surface area contributed by atoms with Gasteiger partial charge in [-0.1, -0.05) is 20.4 Å². The van der Waals surface area contributed by atoms with Crippen LogP contribution in [0.5, 0.6) is 5.75 Å². The van der Waals surface area contributed by atoms with Crippen molar-refractivity contribution < 1.29 is 14.3 Å². The number of methoxy groups -OCH3 is 2. The number of ether oxygens (including phenoxy) is 2. The van der Waals surface area contributed by atoms with Gasteiger partial charge in [-0.05, 0) is 6.08 Å². The molecule has 0 aliphatic heterocycles. The lowest BCUT2D eigenvalue weighted by atomic mass is 10.3. The van der Waals surface area contributed by atoms with Gasteiger partial charge in [0.25, 0.3) is 5.56 Å². The van der Waals surface area contributed by atoms with Crippen molar-refractivity contribution in [2.45, 2.75) is 13.8 Å². The first-order chi connectivity index (χ1) is 8.56. The van der Waals surface area contributed by atoms with Gasteiger partial charge < -0.3 is 9.47 Å². The molecule has 0 bridgehead atoms. The van der Waals surface area contributed by atoms with E-state index in [2.05, 4.69) is 16.3 Å². The maximum Gasteiger partial charge on any atom is 0.360 e. The van der Waals surface area contributed by atoms with Gasteiger partial charge in [0.1, 0.15) is 5.82 Å². The van der Waals surface area contributed by atoms with Crippen LogP contribution in [0.25, 0.3) is 6.08 Å². The van der Waals surface area contributed by atoms with Crippen molar-refractivity contribution in [2.24, 2.45) is 7.05 Å². The quantitative estimate of drug-likeness (QED) is 0.759. The van der Waals surface area contributed by atoms with Gasteiger partial charge in [0.2, 0.25) is 5.75 Å². The van der Waals surface area contributed by atoms with Crippen LogP contribution in [0.4, 0.5) is 0 Å². The van der Waals surface area contributed by atoms with E-state index >= 15 is 0 Å². The Morgan fingerprint density at radius 3 is 2.33 bits per heavy atom. The van der Waals surface area contributed by atoms with Gasteiger partial charge in [-0.2, -0.15) is 0 Å². The van der Waals surface area contributed by atoms with Crippen LogP contribution in [-0.4, -0.2) is 29.7 Å². The molecule has 1 rings (SSSR count). The monoisotopic (exact) mass is 254 g/mol. The highest BCUT2D eigenvalue weighted by Crippen LogP contribution is 2.12. The maximum atomic E-state index is 11.8. The van der Waals surface area contributed by atoms with Crippen LogP contribution in [0.15, 0.2) is 11.4 Å². The van der Waals surface area contributed by atoms with Crippen molar-refractivity contribution in [1.82, 2.24) is 9.55 Å². The zero-order chi connectivity index (χ0) is 14.3. The van der Waals surface area contributed by atoms with Crippen molar-refractivity contribution in [3.8, 4) is 5.75 Å². The van der Waals surface area contributed by atoms with Gasteiger partial charge in [-0.15, -0.1) is 0 Å². The highest BCUT2D eigenvalue weighted by atomic mass is 16.5. The largest absolute Gasteiger partial charge is 0.489 e. The zero-order valence-corrected chi connectivity index (χ0v) is 11.3. The van der Waals surface area contributed by atoms with E-state index < -0.39 is 11.5 Å². The Labute approximate surface area is 106 Å². The molecule has 0 fully saturated rings. The van der Waals surface area contributed by atoms with Crippen LogP contribution in [0, 0.1) is 0 Å². The van der Waals surface area contributed by atoms with Crippen molar-refractivity contribution in [3.05, 3.63) is 28.5 Å². The summed E-state index contributed by atoms with van der Waals surface area (Å²) < 4.78 is 10.6. The summed E-state index contributed by atoms with van der Waals surface area (Å²) in [6.07, 6.45) is 1.37. The summed E-state index contributed by atoms with van der Waals surface area (Å²) in [5, 5.41) is 0. The first kappa shape index (κ1) is 15.9. The fraction of sp³-hybridized carbons (Fsp3) is 0.417. The van der Waals surface area contributed by atoms with E-state index in [0.717, 1.165) is 0 Å². The van der Waals surface area contributed by atoms with Crippen molar-refractivity contribution >= 4 is 12.0 Å². The predicted molar refractivity (Wildman–Crippen MR) is 68.8 cm³/mol. The number of hydrogen-bond acceptors (Lipinski definition) is 5. The molecular weight excluding hydrogens is 236 g/mol. The molecule has 18 heavy (non-hydrogen) atoms. The van der Waals surface area contributed by atoms with E-state index in [1.54, 1.807) is 0 Å². The Kier molecular flexibility index (Phi) is 6.41. The lowest BCUT2D eigenvalue weighted by molar-refractivity contribution is 0.0589. The van der Waals surface area contributed by atoms with Crippen molar-refractivity contribution in [2.75, 3.05) is 14.2 Å². The number of carbonyl (C=O) groups is 1. The highest BCUT2D eigenvalue weighted by molar-refractivity contribution is 5.90. The minimum absolute atomic E-state index is 0.139. The van der Waals surface area contributed by atoms with E-state index in [1.165, 1.54) is 31.9 Å². The SMILES string of the molecule is C=Cc1nc(C(=O)OC)c(OC)c(=O)n1C.CC. The second kappa shape index (κ2) is 7.26. The van der Waals surface area contributed by atoms with E-state index in [9.17, 15) is 9.59 Å². The van der Waals surface area contributed by atoms with Gasteiger partial charge in [0, 0.05) is 7.05 Å². The van der Waals surface area contributed by atoms with Gasteiger partial charge >= 0.3 is 5.97 Å². The summed E-state index contributed by atoms with van der Waals surface area (Å²) >= 11 is 0. The molecule has 1 aromatic heterocycles. The molecule has 6 heteroatoms. The van der Waals surface area contributed by atoms with E-state index in [1.807, 2.05) is 13.8 Å². The lowest BCUT2D eigenvalue weighted by Gasteiger charge is -2.09. The average Bonchev–Trinajstić information content (AvgIpc) is 2.42. The van der Waals surface area contributed by atoms with Crippen LogP contribution in [0.3, 0.4) is 0 Å². The number of carbonyl (C=O) groups excluding carboxylic acids is 1. The zero-order valence-electron chi connectivity index (χ0n) is 11.3. The third-order valence-corrected chi connectivity index (χ3v) is 2.05. The first-order valence-electron chi connectivity index (χ1n) is 5.42. The minimum atomic E-state index is -0.724. The Balaban J connectivity index is 0.00000137. The molecule has 0 radical (unpaired) electrons. The summed E-state index contributed by atoms with van der Waals surface area (Å²) in [5.74, 6) is -0.594. The standard InChI is InChI=1S/C10H12N2O4.C2H6/c1-5-6-11-7(10(14)16-4)8(15-3)9(13)12(6)2;1-2/h5H,1H2,2-4H3;1-2H3. The maximum absolute atomic E-state index is 11.8. The summed E-state index contributed by atoms with van der Waals surface area (Å²) in [6.45, 7) is 7.50. The van der Waals surface area contributed by atoms with Crippen LogP contribution in [0.2, 0.25) is 0 Å². The minimum Gasteiger partial charge on any atom is -0.489 e. The van der Waals surface area contributed by atoms with Gasteiger partial charge in [-0.25, -0.2) is 9.78 Å². The van der Waals surface area contributed by atoms with E-state index in [4.69, 9.17) is 4.74 Å². The van der Waals surface area contributed by atoms with E-state index in [0.29, 0.717) is 0 Å². The van der Waals surface area contributed by atoms with Gasteiger partial charge in [0.05, 0.1) is 14.2 Å². The van der Waals surface area contributed by atoms with E-state index in [-0.39, 0.29) is 17.3 Å². The molecule has 100 valence electrons. The molecule has 1 aromatic rings. The fourth-order valence-corrected chi connectivity index (χ4v) is 1.20. The Bertz CT molecular complexity index is 492. The molecule has 0 saturated heterocycles. The van der Waals surface area contributed by atoms with Gasteiger partial charge in [0.15, 0.2) is 5.69 Å². The summed E-state index contributed by atoms with van der Waals surface area (Å²) in [5.41, 5.74) is -0.615. The number of rotatable bonds is 3. The summed E-state index contributed by atoms with van der Waals surface area (Å²) in [4.78, 5) is 27.1. The second-order valence-electron chi connectivity index (χ2n) is 2.91. The number of hydrogen-bond donors (Lipinski definition) is 0. The molecule has 0 amide bonds. The average molecular weight is 254 g/mol. The highest BCUT2D eigenvalue weighted by Gasteiger charge is 2.20. The number of nitrogens with zero attached hydrogens (tertiary/aromatic N) is 2. The van der Waals surface area contributed by atoms with Crippen LogP contribution in [-0.2, 0) is 11.8 Å². The Morgan fingerprint density at radius 1 is 1.39 bits per heavy atom. The first-order valence-corrected chi connectivity index (χ1v) is 5.42. The molecule has 0 aliphatic rings.